The predicted octanol–water partition coefficient (Wildman–Crippen LogP) is 3.05. The lowest BCUT2D eigenvalue weighted by Gasteiger charge is -2.29. The Morgan fingerprint density at radius 3 is 2.76 bits per heavy atom. The largest absolute Gasteiger partial charge is 0.377 e. The van der Waals surface area contributed by atoms with Crippen molar-refractivity contribution in [2.24, 2.45) is 5.92 Å². The number of aromatic nitrogens is 2. The third-order valence-corrected chi connectivity index (χ3v) is 7.44. The van der Waals surface area contributed by atoms with Crippen LogP contribution < -0.4 is 0 Å². The van der Waals surface area contributed by atoms with E-state index in [0.29, 0.717) is 25.6 Å². The summed E-state index contributed by atoms with van der Waals surface area (Å²) in [6, 6.07) is 8.56. The quantitative estimate of drug-likeness (QED) is 0.693. The number of fused-ring (bicyclic) bond motifs is 1. The minimum absolute atomic E-state index is 0.0264. The molecule has 0 saturated carbocycles. The van der Waals surface area contributed by atoms with Crippen molar-refractivity contribution in [3.8, 4) is 0 Å². The first-order chi connectivity index (χ1) is 13.9. The van der Waals surface area contributed by atoms with Crippen LogP contribution in [0.15, 0.2) is 35.6 Å². The van der Waals surface area contributed by atoms with Crippen LogP contribution in [0.1, 0.15) is 43.5 Å². The molecule has 2 aromatic rings. The van der Waals surface area contributed by atoms with Crippen LogP contribution in [-0.4, -0.2) is 47.9 Å². The highest BCUT2D eigenvalue weighted by Gasteiger charge is 2.30. The Balaban J connectivity index is 1.56. The van der Waals surface area contributed by atoms with Gasteiger partial charge in [0.25, 0.3) is 0 Å². The zero-order valence-corrected chi connectivity index (χ0v) is 18.2. The smallest absolute Gasteiger partial charge is 0.227 e. The fraction of sp³-hybridized carbons (Fsp3) is 0.591. The van der Waals surface area contributed by atoms with E-state index in [1.807, 2.05) is 4.57 Å². The number of benzene rings is 1. The number of imidazole rings is 1. The van der Waals surface area contributed by atoms with Gasteiger partial charge >= 0.3 is 0 Å². The van der Waals surface area contributed by atoms with Gasteiger partial charge in [-0.1, -0.05) is 38.1 Å². The fourth-order valence-corrected chi connectivity index (χ4v) is 5.98. The van der Waals surface area contributed by atoms with Crippen LogP contribution >= 0.6 is 0 Å². The molecule has 2 aliphatic heterocycles. The average molecular weight is 418 g/mol. The molecule has 29 heavy (non-hydrogen) atoms. The highest BCUT2D eigenvalue weighted by molar-refractivity contribution is 7.91. The van der Waals surface area contributed by atoms with E-state index in [0.717, 1.165) is 38.0 Å². The van der Waals surface area contributed by atoms with Gasteiger partial charge in [-0.2, -0.15) is 0 Å². The summed E-state index contributed by atoms with van der Waals surface area (Å²) < 4.78 is 33.7. The lowest BCUT2D eigenvalue weighted by molar-refractivity contribution is 0.127. The van der Waals surface area contributed by atoms with E-state index in [2.05, 4.69) is 48.0 Å². The summed E-state index contributed by atoms with van der Waals surface area (Å²) in [4.78, 5) is 6.77. The second-order valence-corrected chi connectivity index (χ2v) is 10.6. The van der Waals surface area contributed by atoms with Crippen LogP contribution in [0, 0.1) is 5.92 Å². The summed E-state index contributed by atoms with van der Waals surface area (Å²) >= 11 is 0. The molecule has 1 unspecified atom stereocenters. The van der Waals surface area contributed by atoms with Gasteiger partial charge in [0.05, 0.1) is 23.7 Å². The molecule has 1 fully saturated rings. The van der Waals surface area contributed by atoms with E-state index in [9.17, 15) is 8.42 Å². The lowest BCUT2D eigenvalue weighted by atomic mass is 10.00. The van der Waals surface area contributed by atoms with E-state index >= 15 is 0 Å². The molecule has 0 aliphatic carbocycles. The molecule has 0 radical (unpaired) electrons. The Morgan fingerprint density at radius 1 is 1.24 bits per heavy atom. The van der Waals surface area contributed by atoms with Crippen LogP contribution in [0.25, 0.3) is 0 Å². The summed E-state index contributed by atoms with van der Waals surface area (Å²) in [5.41, 5.74) is 3.75. The van der Waals surface area contributed by atoms with Crippen LogP contribution in [0.2, 0.25) is 0 Å². The van der Waals surface area contributed by atoms with E-state index < -0.39 is 9.84 Å². The van der Waals surface area contributed by atoms with Crippen LogP contribution in [0.5, 0.6) is 0 Å². The van der Waals surface area contributed by atoms with Gasteiger partial charge in [0.1, 0.15) is 0 Å². The van der Waals surface area contributed by atoms with E-state index in [-0.39, 0.29) is 17.0 Å². The number of sulfone groups is 1. The zero-order valence-electron chi connectivity index (χ0n) is 17.4. The predicted molar refractivity (Wildman–Crippen MR) is 112 cm³/mol. The average Bonchev–Trinajstić information content (AvgIpc) is 3.31. The number of hydrogen-bond acceptors (Lipinski definition) is 5. The Labute approximate surface area is 173 Å². The normalized spacial score (nSPS) is 20.3. The van der Waals surface area contributed by atoms with Crippen molar-refractivity contribution in [1.82, 2.24) is 14.5 Å². The third kappa shape index (κ3) is 4.73. The second-order valence-electron chi connectivity index (χ2n) is 8.68. The Hall–Kier alpha value is -1.70. The van der Waals surface area contributed by atoms with Gasteiger partial charge < -0.3 is 9.30 Å². The Kier molecular flexibility index (Phi) is 6.08. The van der Waals surface area contributed by atoms with Gasteiger partial charge in [0.2, 0.25) is 15.0 Å². The van der Waals surface area contributed by atoms with Gasteiger partial charge in [-0.05, 0) is 36.3 Å². The molecule has 1 aromatic carbocycles. The van der Waals surface area contributed by atoms with Gasteiger partial charge in [-0.3, -0.25) is 4.90 Å². The monoisotopic (exact) mass is 417 g/mol. The van der Waals surface area contributed by atoms with Crippen molar-refractivity contribution < 1.29 is 13.2 Å². The maximum Gasteiger partial charge on any atom is 0.227 e. The molecular weight excluding hydrogens is 386 g/mol. The second kappa shape index (κ2) is 8.58. The number of nitrogens with zero attached hydrogens (tertiary/aromatic N) is 3. The minimum atomic E-state index is -3.48. The topological polar surface area (TPSA) is 64.4 Å². The van der Waals surface area contributed by atoms with E-state index in [1.165, 1.54) is 11.1 Å². The zero-order chi connectivity index (χ0) is 20.4. The number of rotatable bonds is 7. The third-order valence-electron chi connectivity index (χ3n) is 5.75. The van der Waals surface area contributed by atoms with E-state index in [4.69, 9.17) is 4.74 Å². The molecule has 1 saturated heterocycles. The first-order valence-electron chi connectivity index (χ1n) is 10.6. The summed E-state index contributed by atoms with van der Waals surface area (Å²) in [5.74, 6) is 0.361. The fourth-order valence-electron chi connectivity index (χ4n) is 4.34. The van der Waals surface area contributed by atoms with Gasteiger partial charge in [-0.25, -0.2) is 13.4 Å². The molecule has 158 valence electrons. The van der Waals surface area contributed by atoms with Crippen molar-refractivity contribution in [2.75, 3.05) is 18.9 Å². The summed E-state index contributed by atoms with van der Waals surface area (Å²) in [6.07, 6.45) is 4.32. The summed E-state index contributed by atoms with van der Waals surface area (Å²) in [5, 5.41) is 0.203. The highest BCUT2D eigenvalue weighted by Crippen LogP contribution is 2.24. The molecule has 7 heteroatoms. The molecule has 2 aliphatic rings. The highest BCUT2D eigenvalue weighted by atomic mass is 32.2. The molecule has 0 bridgehead atoms. The van der Waals surface area contributed by atoms with Crippen molar-refractivity contribution in [3.05, 3.63) is 47.3 Å². The number of hydrogen-bond donors (Lipinski definition) is 0. The van der Waals surface area contributed by atoms with E-state index in [1.54, 1.807) is 6.20 Å². The SMILES string of the molecule is CC(C)Cn1c(CN2CCc3ccccc3C2)cnc1S(=O)(=O)CC1CCCO1. The molecule has 0 amide bonds. The van der Waals surface area contributed by atoms with Gasteiger partial charge in [0.15, 0.2) is 0 Å². The molecule has 6 nitrogen and oxygen atoms in total. The molecule has 1 atom stereocenters. The standard InChI is InChI=1S/C22H31N3O3S/c1-17(2)13-25-20(15-24-10-9-18-6-3-4-7-19(18)14-24)12-23-22(25)29(26,27)16-21-8-5-11-28-21/h3-4,6-7,12,17,21H,5,8-11,13-16H2,1-2H3. The van der Waals surface area contributed by atoms with Crippen molar-refractivity contribution in [1.29, 1.82) is 0 Å². The van der Waals surface area contributed by atoms with Crippen LogP contribution in [0.3, 0.4) is 0 Å². The van der Waals surface area contributed by atoms with Gasteiger partial charge in [-0.15, -0.1) is 0 Å². The summed E-state index contributed by atoms with van der Waals surface area (Å²) in [7, 11) is -3.48. The van der Waals surface area contributed by atoms with Crippen LogP contribution in [-0.2, 0) is 40.6 Å². The molecule has 0 spiro atoms. The Bertz CT molecular complexity index is 946. The molecular formula is C22H31N3O3S. The lowest BCUT2D eigenvalue weighted by Crippen LogP contribution is -2.31. The molecule has 4 rings (SSSR count). The minimum Gasteiger partial charge on any atom is -0.377 e. The molecule has 3 heterocycles. The van der Waals surface area contributed by atoms with Crippen molar-refractivity contribution in [3.63, 3.8) is 0 Å². The first kappa shape index (κ1) is 20.6. The van der Waals surface area contributed by atoms with Crippen LogP contribution in [0.4, 0.5) is 0 Å². The first-order valence-corrected chi connectivity index (χ1v) is 12.3. The van der Waals surface area contributed by atoms with Gasteiger partial charge in [0, 0.05) is 32.8 Å². The van der Waals surface area contributed by atoms with Crippen molar-refractivity contribution >= 4 is 9.84 Å². The Morgan fingerprint density at radius 2 is 2.03 bits per heavy atom. The number of ether oxygens (including phenoxy) is 1. The molecule has 1 aromatic heterocycles. The maximum atomic E-state index is 13.1. The molecule has 0 N–H and O–H groups in total. The maximum absolute atomic E-state index is 13.1. The summed E-state index contributed by atoms with van der Waals surface area (Å²) in [6.45, 7) is 8.10. The van der Waals surface area contributed by atoms with Crippen molar-refractivity contribution in [2.45, 2.75) is 64.0 Å².